The Labute approximate surface area is 322 Å². The van der Waals surface area contributed by atoms with Crippen molar-refractivity contribution in [3.63, 3.8) is 0 Å². The number of benzene rings is 10. The average molecular weight is 700 g/mol. The molecule has 0 fully saturated rings. The van der Waals surface area contributed by atoms with E-state index in [1.165, 1.54) is 76.8 Å². The van der Waals surface area contributed by atoms with Crippen LogP contribution >= 0.6 is 0 Å². The summed E-state index contributed by atoms with van der Waals surface area (Å²) < 4.78 is 0. The van der Waals surface area contributed by atoms with Gasteiger partial charge in [0.15, 0.2) is 0 Å². The standard InChI is InChI=1S/C54H37N/c1-3-14-40(15-4-1)50-34-29-43(36-54(50)45-24-23-38-13-7-8-16-42(38)35-45)39-25-30-47(31-26-39)55(46-18-5-2-6-19-46)48-32-27-41(28-33-48)53-37-44-17-9-10-20-49(44)51-21-11-12-22-52(51)53/h1-37H. The summed E-state index contributed by atoms with van der Waals surface area (Å²) in [5.74, 6) is 0. The molecule has 258 valence electrons. The van der Waals surface area contributed by atoms with E-state index in [-0.39, 0.29) is 0 Å². The van der Waals surface area contributed by atoms with Crippen LogP contribution in [0.4, 0.5) is 17.1 Å². The smallest absolute Gasteiger partial charge is 0.0462 e. The van der Waals surface area contributed by atoms with Crippen LogP contribution in [-0.2, 0) is 0 Å². The summed E-state index contributed by atoms with van der Waals surface area (Å²) >= 11 is 0. The predicted octanol–water partition coefficient (Wildman–Crippen LogP) is 15.3. The van der Waals surface area contributed by atoms with Crippen LogP contribution in [0.1, 0.15) is 0 Å². The molecule has 0 N–H and O–H groups in total. The molecule has 0 aliphatic carbocycles. The molecule has 0 aliphatic heterocycles. The van der Waals surface area contributed by atoms with Crippen molar-refractivity contribution in [3.8, 4) is 44.5 Å². The zero-order valence-electron chi connectivity index (χ0n) is 30.3. The van der Waals surface area contributed by atoms with Crippen molar-refractivity contribution in [1.82, 2.24) is 0 Å². The Balaban J connectivity index is 1.03. The van der Waals surface area contributed by atoms with Gasteiger partial charge in [-0.3, -0.25) is 0 Å². The third-order valence-electron chi connectivity index (χ3n) is 10.8. The minimum absolute atomic E-state index is 1.11. The number of rotatable bonds is 7. The molecule has 0 aromatic heterocycles. The van der Waals surface area contributed by atoms with Gasteiger partial charge in [-0.1, -0.05) is 170 Å². The molecule has 0 amide bonds. The van der Waals surface area contributed by atoms with E-state index in [2.05, 4.69) is 229 Å². The largest absolute Gasteiger partial charge is 0.311 e. The van der Waals surface area contributed by atoms with Crippen molar-refractivity contribution in [2.24, 2.45) is 0 Å². The van der Waals surface area contributed by atoms with Crippen LogP contribution in [0.2, 0.25) is 0 Å². The second-order valence-corrected chi connectivity index (χ2v) is 14.1. The van der Waals surface area contributed by atoms with E-state index >= 15 is 0 Å². The number of nitrogens with zero attached hydrogens (tertiary/aromatic N) is 1. The van der Waals surface area contributed by atoms with Gasteiger partial charge in [-0.2, -0.15) is 0 Å². The van der Waals surface area contributed by atoms with Crippen LogP contribution in [0.15, 0.2) is 224 Å². The molecule has 0 saturated heterocycles. The van der Waals surface area contributed by atoms with E-state index in [0.29, 0.717) is 0 Å². The quantitative estimate of drug-likeness (QED) is 0.150. The average Bonchev–Trinajstić information content (AvgIpc) is 3.27. The van der Waals surface area contributed by atoms with Gasteiger partial charge in [0.05, 0.1) is 0 Å². The lowest BCUT2D eigenvalue weighted by molar-refractivity contribution is 1.28. The summed E-state index contributed by atoms with van der Waals surface area (Å²) in [6.45, 7) is 0. The van der Waals surface area contributed by atoms with E-state index in [9.17, 15) is 0 Å². The lowest BCUT2D eigenvalue weighted by Gasteiger charge is -2.26. The van der Waals surface area contributed by atoms with Crippen molar-refractivity contribution in [2.45, 2.75) is 0 Å². The molecule has 10 aromatic carbocycles. The van der Waals surface area contributed by atoms with E-state index in [4.69, 9.17) is 0 Å². The number of hydrogen-bond acceptors (Lipinski definition) is 1. The van der Waals surface area contributed by atoms with Crippen LogP contribution in [0.3, 0.4) is 0 Å². The fourth-order valence-electron chi connectivity index (χ4n) is 8.10. The molecule has 0 unspecified atom stereocenters. The maximum atomic E-state index is 2.35. The third kappa shape index (κ3) is 6.12. The molecule has 0 spiro atoms. The van der Waals surface area contributed by atoms with Gasteiger partial charge in [-0.15, -0.1) is 0 Å². The lowest BCUT2D eigenvalue weighted by Crippen LogP contribution is -2.09. The molecule has 0 saturated carbocycles. The number of hydrogen-bond donors (Lipinski definition) is 0. The zero-order chi connectivity index (χ0) is 36.6. The van der Waals surface area contributed by atoms with Crippen LogP contribution in [0.5, 0.6) is 0 Å². The van der Waals surface area contributed by atoms with E-state index < -0.39 is 0 Å². The zero-order valence-corrected chi connectivity index (χ0v) is 30.3. The highest BCUT2D eigenvalue weighted by Gasteiger charge is 2.16. The third-order valence-corrected chi connectivity index (χ3v) is 10.8. The number of anilines is 3. The minimum atomic E-state index is 1.11. The van der Waals surface area contributed by atoms with Crippen molar-refractivity contribution >= 4 is 49.4 Å². The van der Waals surface area contributed by atoms with Crippen LogP contribution in [0, 0.1) is 0 Å². The Morgan fingerprint density at radius 2 is 0.727 bits per heavy atom. The van der Waals surface area contributed by atoms with E-state index in [0.717, 1.165) is 17.1 Å². The van der Waals surface area contributed by atoms with E-state index in [1.807, 2.05) is 0 Å². The maximum absolute atomic E-state index is 2.35. The highest BCUT2D eigenvalue weighted by atomic mass is 15.1. The molecule has 10 rings (SSSR count). The monoisotopic (exact) mass is 699 g/mol. The first-order valence-electron chi connectivity index (χ1n) is 18.9. The molecule has 0 bridgehead atoms. The molecular weight excluding hydrogens is 663 g/mol. The van der Waals surface area contributed by atoms with Gasteiger partial charge in [-0.05, 0) is 131 Å². The normalized spacial score (nSPS) is 11.3. The van der Waals surface area contributed by atoms with Gasteiger partial charge in [0.1, 0.15) is 0 Å². The highest BCUT2D eigenvalue weighted by Crippen LogP contribution is 2.41. The number of fused-ring (bicyclic) bond motifs is 4. The van der Waals surface area contributed by atoms with E-state index in [1.54, 1.807) is 0 Å². The summed E-state index contributed by atoms with van der Waals surface area (Å²) in [5, 5.41) is 7.59. The van der Waals surface area contributed by atoms with Crippen molar-refractivity contribution in [2.75, 3.05) is 4.90 Å². The topological polar surface area (TPSA) is 3.24 Å². The molecule has 0 radical (unpaired) electrons. The van der Waals surface area contributed by atoms with Crippen LogP contribution < -0.4 is 4.90 Å². The van der Waals surface area contributed by atoms with Gasteiger partial charge >= 0.3 is 0 Å². The Morgan fingerprint density at radius 3 is 1.45 bits per heavy atom. The lowest BCUT2D eigenvalue weighted by atomic mass is 9.90. The fourth-order valence-corrected chi connectivity index (χ4v) is 8.10. The summed E-state index contributed by atoms with van der Waals surface area (Å²) in [7, 11) is 0. The first-order chi connectivity index (χ1) is 27.3. The minimum Gasteiger partial charge on any atom is -0.311 e. The molecule has 10 aromatic rings. The number of para-hydroxylation sites is 1. The van der Waals surface area contributed by atoms with Gasteiger partial charge in [0.2, 0.25) is 0 Å². The van der Waals surface area contributed by atoms with Gasteiger partial charge < -0.3 is 4.90 Å². The molecule has 1 nitrogen and oxygen atoms in total. The summed E-state index contributed by atoms with van der Waals surface area (Å²) in [6, 6.07) is 81.4. The predicted molar refractivity (Wildman–Crippen MR) is 235 cm³/mol. The van der Waals surface area contributed by atoms with Crippen molar-refractivity contribution in [3.05, 3.63) is 224 Å². The second kappa shape index (κ2) is 14.0. The highest BCUT2D eigenvalue weighted by molar-refractivity contribution is 6.13. The Kier molecular flexibility index (Phi) is 8.24. The van der Waals surface area contributed by atoms with Gasteiger partial charge in [-0.25, -0.2) is 0 Å². The fraction of sp³-hybridized carbons (Fsp3) is 0. The van der Waals surface area contributed by atoms with Gasteiger partial charge in [0.25, 0.3) is 0 Å². The van der Waals surface area contributed by atoms with Crippen LogP contribution in [-0.4, -0.2) is 0 Å². The first-order valence-corrected chi connectivity index (χ1v) is 18.9. The molecule has 55 heavy (non-hydrogen) atoms. The van der Waals surface area contributed by atoms with Gasteiger partial charge in [0, 0.05) is 17.1 Å². The molecule has 0 aliphatic rings. The molecule has 0 heterocycles. The van der Waals surface area contributed by atoms with Crippen LogP contribution in [0.25, 0.3) is 76.8 Å². The maximum Gasteiger partial charge on any atom is 0.0462 e. The molecule has 0 atom stereocenters. The molecular formula is C54H37N. The first kappa shape index (κ1) is 32.4. The summed E-state index contributed by atoms with van der Waals surface area (Å²) in [5.41, 5.74) is 13.0. The van der Waals surface area contributed by atoms with Crippen molar-refractivity contribution < 1.29 is 0 Å². The second-order valence-electron chi connectivity index (χ2n) is 14.1. The summed E-state index contributed by atoms with van der Waals surface area (Å²) in [4.78, 5) is 2.34. The SMILES string of the molecule is c1ccc(-c2ccc(-c3ccc(N(c4ccccc4)c4ccc(-c5cc6ccccc6c6ccccc56)cc4)cc3)cc2-c2ccc3ccccc3c2)cc1. The van der Waals surface area contributed by atoms with Crippen molar-refractivity contribution in [1.29, 1.82) is 0 Å². The Morgan fingerprint density at radius 1 is 0.218 bits per heavy atom. The molecule has 1 heteroatoms. The Hall–Kier alpha value is -7.22. The Bertz CT molecular complexity index is 2950. The summed E-state index contributed by atoms with van der Waals surface area (Å²) in [6.07, 6.45) is 0.